The summed E-state index contributed by atoms with van der Waals surface area (Å²) in [6.07, 6.45) is 0. The van der Waals surface area contributed by atoms with Crippen LogP contribution in [0.5, 0.6) is 0 Å². The first kappa shape index (κ1) is 13.5. The summed E-state index contributed by atoms with van der Waals surface area (Å²) >= 11 is 1.18. The highest BCUT2D eigenvalue weighted by Gasteiger charge is 2.18. The zero-order valence-corrected chi connectivity index (χ0v) is 11.5. The molecule has 0 bridgehead atoms. The van der Waals surface area contributed by atoms with Crippen LogP contribution in [-0.4, -0.2) is 22.8 Å². The van der Waals surface area contributed by atoms with Gasteiger partial charge in [-0.1, -0.05) is 23.5 Å². The summed E-state index contributed by atoms with van der Waals surface area (Å²) in [6.45, 7) is 2.17. The van der Waals surface area contributed by atoms with Gasteiger partial charge in [-0.15, -0.1) is 0 Å². The van der Waals surface area contributed by atoms with Gasteiger partial charge in [-0.05, 0) is 24.6 Å². The monoisotopic (exact) mass is 279 g/mol. The minimum Gasteiger partial charge on any atom is -0.375 e. The van der Waals surface area contributed by atoms with Gasteiger partial charge in [0.1, 0.15) is 10.7 Å². The average molecular weight is 279 g/mol. The Balaban J connectivity index is 2.11. The maximum Gasteiger partial charge on any atom is 0.265 e. The van der Waals surface area contributed by atoms with Crippen molar-refractivity contribution < 1.29 is 9.18 Å². The molecule has 0 spiro atoms. The molecule has 0 saturated heterocycles. The van der Waals surface area contributed by atoms with Gasteiger partial charge < -0.3 is 10.6 Å². The first-order valence-electron chi connectivity index (χ1n) is 5.70. The topological polar surface area (TPSA) is 59.2 Å². The van der Waals surface area contributed by atoms with E-state index < -0.39 is 0 Å². The molecule has 1 amide bonds. The summed E-state index contributed by atoms with van der Waals surface area (Å²) in [5.74, 6) is -0.417. The highest BCUT2D eigenvalue weighted by molar-refractivity contribution is 7.17. The zero-order chi connectivity index (χ0) is 14.0. The van der Waals surface area contributed by atoms with E-state index >= 15 is 0 Å². The third kappa shape index (κ3) is 3.08. The molecule has 0 aliphatic rings. The predicted octanol–water partition coefficient (Wildman–Crippen LogP) is 2.45. The lowest BCUT2D eigenvalue weighted by atomic mass is 10.2. The van der Waals surface area contributed by atoms with Gasteiger partial charge in [-0.3, -0.25) is 4.79 Å². The average Bonchev–Trinajstić information content (AvgIpc) is 2.70. The minimum absolute atomic E-state index is 0.129. The number of carbonyl (C=O) groups excluding carboxylic acids is 1. The maximum atomic E-state index is 12.8. The van der Waals surface area contributed by atoms with Crippen molar-refractivity contribution in [1.29, 1.82) is 0 Å². The Morgan fingerprint density at radius 3 is 2.58 bits per heavy atom. The maximum absolute atomic E-state index is 12.8. The van der Waals surface area contributed by atoms with Crippen molar-refractivity contribution in [1.82, 2.24) is 9.88 Å². The quantitative estimate of drug-likeness (QED) is 0.938. The molecule has 0 aliphatic heterocycles. The van der Waals surface area contributed by atoms with Gasteiger partial charge in [0.2, 0.25) is 0 Å². The fourth-order valence-electron chi connectivity index (χ4n) is 1.72. The second-order valence-electron chi connectivity index (χ2n) is 4.25. The molecule has 4 nitrogen and oxygen atoms in total. The van der Waals surface area contributed by atoms with E-state index in [1.54, 1.807) is 31.0 Å². The Hall–Kier alpha value is -1.95. The molecule has 0 unspecified atom stereocenters. The third-order valence-corrected chi connectivity index (χ3v) is 3.66. The molecule has 0 radical (unpaired) electrons. The number of nitrogens with two attached hydrogens (primary N) is 1. The molecule has 0 atom stereocenters. The van der Waals surface area contributed by atoms with E-state index in [4.69, 9.17) is 5.73 Å². The van der Waals surface area contributed by atoms with Crippen molar-refractivity contribution in [3.63, 3.8) is 0 Å². The van der Waals surface area contributed by atoms with Gasteiger partial charge >= 0.3 is 0 Å². The van der Waals surface area contributed by atoms with E-state index in [2.05, 4.69) is 4.98 Å². The molecule has 100 valence electrons. The van der Waals surface area contributed by atoms with Crippen LogP contribution in [-0.2, 0) is 6.54 Å². The Bertz CT molecular complexity index is 594. The number of carbonyl (C=O) groups is 1. The summed E-state index contributed by atoms with van der Waals surface area (Å²) in [4.78, 5) is 18.4. The minimum atomic E-state index is -0.288. The van der Waals surface area contributed by atoms with Gasteiger partial charge in [0.25, 0.3) is 5.91 Å². The van der Waals surface area contributed by atoms with Crippen LogP contribution >= 0.6 is 11.3 Å². The SMILES string of the molecule is Cc1nc(N)sc1C(=O)N(C)Cc1ccc(F)cc1. The molecule has 0 aliphatic carbocycles. The first-order chi connectivity index (χ1) is 8.97. The number of anilines is 1. The van der Waals surface area contributed by atoms with Crippen molar-refractivity contribution in [3.05, 3.63) is 46.2 Å². The highest BCUT2D eigenvalue weighted by atomic mass is 32.1. The van der Waals surface area contributed by atoms with E-state index in [-0.39, 0.29) is 11.7 Å². The summed E-state index contributed by atoms with van der Waals surface area (Å²) in [6, 6.07) is 6.08. The van der Waals surface area contributed by atoms with E-state index in [0.29, 0.717) is 22.2 Å². The molecule has 2 rings (SSSR count). The fourth-order valence-corrected chi connectivity index (χ4v) is 2.55. The van der Waals surface area contributed by atoms with Gasteiger partial charge in [0.05, 0.1) is 5.69 Å². The van der Waals surface area contributed by atoms with E-state index in [0.717, 1.165) is 5.56 Å². The molecule has 1 aromatic heterocycles. The van der Waals surface area contributed by atoms with Crippen LogP contribution in [0.3, 0.4) is 0 Å². The Kier molecular flexibility index (Phi) is 3.80. The van der Waals surface area contributed by atoms with E-state index in [1.807, 2.05) is 0 Å². The van der Waals surface area contributed by atoms with Crippen LogP contribution in [0.25, 0.3) is 0 Å². The molecular formula is C13H14FN3OS. The molecule has 19 heavy (non-hydrogen) atoms. The van der Waals surface area contributed by atoms with Crippen molar-refractivity contribution in [2.75, 3.05) is 12.8 Å². The zero-order valence-electron chi connectivity index (χ0n) is 10.7. The lowest BCUT2D eigenvalue weighted by Crippen LogP contribution is -2.26. The number of benzene rings is 1. The third-order valence-electron chi connectivity index (χ3n) is 2.69. The predicted molar refractivity (Wildman–Crippen MR) is 73.5 cm³/mol. The molecule has 1 heterocycles. The number of nitrogens with zero attached hydrogens (tertiary/aromatic N) is 2. The van der Waals surface area contributed by atoms with E-state index in [9.17, 15) is 9.18 Å². The van der Waals surface area contributed by atoms with Gasteiger partial charge in [-0.25, -0.2) is 9.37 Å². The molecule has 0 saturated carbocycles. The fraction of sp³-hybridized carbons (Fsp3) is 0.231. The largest absolute Gasteiger partial charge is 0.375 e. The summed E-state index contributed by atoms with van der Waals surface area (Å²) in [5.41, 5.74) is 7.09. The summed E-state index contributed by atoms with van der Waals surface area (Å²) in [5, 5.41) is 0.385. The van der Waals surface area contributed by atoms with Crippen molar-refractivity contribution >= 4 is 22.4 Å². The Morgan fingerprint density at radius 2 is 2.05 bits per heavy atom. The number of halogens is 1. The lowest BCUT2D eigenvalue weighted by Gasteiger charge is -2.16. The highest BCUT2D eigenvalue weighted by Crippen LogP contribution is 2.21. The Morgan fingerprint density at radius 1 is 1.42 bits per heavy atom. The number of aromatic nitrogens is 1. The van der Waals surface area contributed by atoms with Crippen LogP contribution in [0.2, 0.25) is 0 Å². The van der Waals surface area contributed by atoms with Gasteiger partial charge in [-0.2, -0.15) is 0 Å². The number of rotatable bonds is 3. The van der Waals surface area contributed by atoms with Crippen LogP contribution in [0, 0.1) is 12.7 Å². The Labute approximate surface area is 114 Å². The van der Waals surface area contributed by atoms with Crippen LogP contribution in [0.4, 0.5) is 9.52 Å². The molecule has 0 fully saturated rings. The van der Waals surface area contributed by atoms with Crippen molar-refractivity contribution in [3.8, 4) is 0 Å². The van der Waals surface area contributed by atoms with Crippen LogP contribution in [0.1, 0.15) is 20.9 Å². The smallest absolute Gasteiger partial charge is 0.265 e. The number of hydrogen-bond donors (Lipinski definition) is 1. The molecule has 1 aromatic carbocycles. The number of amides is 1. The second-order valence-corrected chi connectivity index (χ2v) is 5.28. The second kappa shape index (κ2) is 5.36. The first-order valence-corrected chi connectivity index (χ1v) is 6.52. The summed E-state index contributed by atoms with van der Waals surface area (Å²) < 4.78 is 12.8. The van der Waals surface area contributed by atoms with E-state index in [1.165, 1.54) is 23.5 Å². The number of aryl methyl sites for hydroxylation is 1. The van der Waals surface area contributed by atoms with Gasteiger partial charge in [0.15, 0.2) is 5.13 Å². The number of thiazole rings is 1. The number of nitrogen functional groups attached to an aromatic ring is 1. The molecule has 6 heteroatoms. The normalized spacial score (nSPS) is 10.5. The molecule has 2 N–H and O–H groups in total. The standard InChI is InChI=1S/C13H14FN3OS/c1-8-11(19-13(15)16-8)12(18)17(2)7-9-3-5-10(14)6-4-9/h3-6H,7H2,1-2H3,(H2,15,16). The van der Waals surface area contributed by atoms with Crippen LogP contribution in [0.15, 0.2) is 24.3 Å². The molecular weight excluding hydrogens is 265 g/mol. The lowest BCUT2D eigenvalue weighted by molar-refractivity contribution is 0.0789. The van der Waals surface area contributed by atoms with Crippen molar-refractivity contribution in [2.24, 2.45) is 0 Å². The van der Waals surface area contributed by atoms with Gasteiger partial charge in [0, 0.05) is 13.6 Å². The van der Waals surface area contributed by atoms with Crippen molar-refractivity contribution in [2.45, 2.75) is 13.5 Å². The summed E-state index contributed by atoms with van der Waals surface area (Å²) in [7, 11) is 1.70. The van der Waals surface area contributed by atoms with Crippen LogP contribution < -0.4 is 5.73 Å². The molecule has 2 aromatic rings. The number of hydrogen-bond acceptors (Lipinski definition) is 4.